The first-order valence-corrected chi connectivity index (χ1v) is 9.14. The van der Waals surface area contributed by atoms with Crippen molar-refractivity contribution in [3.8, 4) is 0 Å². The maximum atomic E-state index is 13.3. The Balaban J connectivity index is 2.17. The Labute approximate surface area is 172 Å². The van der Waals surface area contributed by atoms with Crippen LogP contribution < -0.4 is 0 Å². The summed E-state index contributed by atoms with van der Waals surface area (Å²) < 4.78 is 13.3. The van der Waals surface area contributed by atoms with Crippen LogP contribution in [0.1, 0.15) is 17.2 Å². The molecule has 0 spiro atoms. The van der Waals surface area contributed by atoms with Crippen LogP contribution in [0.4, 0.5) is 10.1 Å². The van der Waals surface area contributed by atoms with Gasteiger partial charge in [-0.1, -0.05) is 12.1 Å². The number of amides is 1. The van der Waals surface area contributed by atoms with Crippen molar-refractivity contribution in [1.29, 1.82) is 0 Å². The molecule has 2 aromatic rings. The van der Waals surface area contributed by atoms with E-state index in [-0.39, 0.29) is 23.4 Å². The highest BCUT2D eigenvalue weighted by Gasteiger charge is 2.46. The van der Waals surface area contributed by atoms with Gasteiger partial charge in [-0.05, 0) is 43.9 Å². The number of rotatable bonds is 6. The average Bonchev–Trinajstić information content (AvgIpc) is 2.97. The van der Waals surface area contributed by atoms with Crippen molar-refractivity contribution >= 4 is 23.1 Å². The molecule has 1 heterocycles. The van der Waals surface area contributed by atoms with Crippen molar-refractivity contribution in [2.75, 3.05) is 27.2 Å². The lowest BCUT2D eigenvalue weighted by Gasteiger charge is -2.26. The van der Waals surface area contributed by atoms with Gasteiger partial charge in [0.25, 0.3) is 17.4 Å². The molecule has 9 heteroatoms. The molecule has 1 aliphatic heterocycles. The molecule has 1 aliphatic rings. The minimum absolute atomic E-state index is 0.164. The predicted octanol–water partition coefficient (Wildman–Crippen LogP) is 2.72. The summed E-state index contributed by atoms with van der Waals surface area (Å²) in [6.07, 6.45) is 0. The Morgan fingerprint density at radius 1 is 1.20 bits per heavy atom. The van der Waals surface area contributed by atoms with Gasteiger partial charge in [0, 0.05) is 30.8 Å². The van der Waals surface area contributed by atoms with Crippen molar-refractivity contribution in [1.82, 2.24) is 9.80 Å². The molecule has 1 saturated heterocycles. The van der Waals surface area contributed by atoms with Crippen molar-refractivity contribution < 1.29 is 24.0 Å². The summed E-state index contributed by atoms with van der Waals surface area (Å²) in [4.78, 5) is 39.3. The molecule has 156 valence electrons. The highest BCUT2D eigenvalue weighted by Crippen LogP contribution is 2.40. The first-order chi connectivity index (χ1) is 14.2. The molecule has 0 aliphatic carbocycles. The third-order valence-corrected chi connectivity index (χ3v) is 4.84. The van der Waals surface area contributed by atoms with Crippen LogP contribution in [-0.2, 0) is 9.59 Å². The summed E-state index contributed by atoms with van der Waals surface area (Å²) in [5.74, 6) is -2.69. The third kappa shape index (κ3) is 4.06. The molecule has 2 aromatic carbocycles. The Kier molecular flexibility index (Phi) is 5.93. The van der Waals surface area contributed by atoms with Crippen molar-refractivity contribution in [3.63, 3.8) is 0 Å². The van der Waals surface area contributed by atoms with Crippen molar-refractivity contribution in [2.24, 2.45) is 0 Å². The number of carbonyl (C=O) groups is 2. The summed E-state index contributed by atoms with van der Waals surface area (Å²) in [6, 6.07) is 9.42. The van der Waals surface area contributed by atoms with E-state index in [9.17, 15) is 29.2 Å². The summed E-state index contributed by atoms with van der Waals surface area (Å²) in [5, 5.41) is 22.0. The van der Waals surface area contributed by atoms with Gasteiger partial charge >= 0.3 is 0 Å². The molecule has 1 atom stereocenters. The molecule has 0 radical (unpaired) electrons. The van der Waals surface area contributed by atoms with Gasteiger partial charge in [-0.3, -0.25) is 19.7 Å². The number of likely N-dealkylation sites (tertiary alicyclic amines) is 1. The summed E-state index contributed by atoms with van der Waals surface area (Å²) in [6.45, 7) is 0.611. The van der Waals surface area contributed by atoms with Gasteiger partial charge in [0.15, 0.2) is 0 Å². The highest BCUT2D eigenvalue weighted by molar-refractivity contribution is 6.46. The van der Waals surface area contributed by atoms with Gasteiger partial charge in [-0.15, -0.1) is 0 Å². The maximum Gasteiger partial charge on any atom is 0.295 e. The molecule has 0 aromatic heterocycles. The molecule has 3 rings (SSSR count). The molecule has 0 unspecified atom stereocenters. The van der Waals surface area contributed by atoms with Crippen LogP contribution in [0.5, 0.6) is 0 Å². The van der Waals surface area contributed by atoms with E-state index in [1.807, 2.05) is 4.90 Å². The standard InChI is InChI=1S/C21H20FN3O5/c1-23(2)10-11-24-18(14-4-3-5-16(12-14)25(29)30)17(20(27)21(24)28)19(26)13-6-8-15(22)9-7-13/h3-9,12,18,26H,10-11H2,1-2H3/t18-/m0/s1. The minimum atomic E-state index is -1.00. The van der Waals surface area contributed by atoms with E-state index >= 15 is 0 Å². The number of ketones is 1. The summed E-state index contributed by atoms with van der Waals surface area (Å²) >= 11 is 0. The first-order valence-electron chi connectivity index (χ1n) is 9.14. The van der Waals surface area contributed by atoms with Crippen LogP contribution >= 0.6 is 0 Å². The lowest BCUT2D eigenvalue weighted by molar-refractivity contribution is -0.384. The van der Waals surface area contributed by atoms with Crippen LogP contribution in [0.2, 0.25) is 0 Å². The summed E-state index contributed by atoms with van der Waals surface area (Å²) in [7, 11) is 3.61. The highest BCUT2D eigenvalue weighted by atomic mass is 19.1. The predicted molar refractivity (Wildman–Crippen MR) is 107 cm³/mol. The van der Waals surface area contributed by atoms with Gasteiger partial charge in [0.05, 0.1) is 16.5 Å². The van der Waals surface area contributed by atoms with Crippen LogP contribution in [0.3, 0.4) is 0 Å². The number of nitro groups is 1. The van der Waals surface area contributed by atoms with Gasteiger partial charge in [-0.2, -0.15) is 0 Å². The molecular weight excluding hydrogens is 393 g/mol. The fraction of sp³-hybridized carbons (Fsp3) is 0.238. The number of carbonyl (C=O) groups excluding carboxylic acids is 2. The lowest BCUT2D eigenvalue weighted by atomic mass is 9.95. The second-order valence-electron chi connectivity index (χ2n) is 7.15. The van der Waals surface area contributed by atoms with E-state index in [0.29, 0.717) is 12.1 Å². The minimum Gasteiger partial charge on any atom is -0.507 e. The average molecular weight is 413 g/mol. The maximum absolute atomic E-state index is 13.3. The summed E-state index contributed by atoms with van der Waals surface area (Å²) in [5.41, 5.74) is 0.0987. The van der Waals surface area contributed by atoms with E-state index in [2.05, 4.69) is 0 Å². The fourth-order valence-electron chi connectivity index (χ4n) is 3.34. The zero-order valence-electron chi connectivity index (χ0n) is 16.4. The number of halogens is 1. The van der Waals surface area contributed by atoms with Gasteiger partial charge in [0.1, 0.15) is 11.6 Å². The second kappa shape index (κ2) is 8.42. The van der Waals surface area contributed by atoms with Gasteiger partial charge < -0.3 is 14.9 Å². The first kappa shape index (κ1) is 21.1. The largest absolute Gasteiger partial charge is 0.507 e. The fourth-order valence-corrected chi connectivity index (χ4v) is 3.34. The zero-order chi connectivity index (χ0) is 22.0. The van der Waals surface area contributed by atoms with E-state index in [0.717, 1.165) is 12.1 Å². The smallest absolute Gasteiger partial charge is 0.295 e. The number of hydrogen-bond acceptors (Lipinski definition) is 6. The Morgan fingerprint density at radius 3 is 2.47 bits per heavy atom. The van der Waals surface area contributed by atoms with Crippen LogP contribution in [0.15, 0.2) is 54.1 Å². The lowest BCUT2D eigenvalue weighted by Crippen LogP contribution is -2.35. The third-order valence-electron chi connectivity index (χ3n) is 4.84. The second-order valence-corrected chi connectivity index (χ2v) is 7.15. The number of aliphatic hydroxyl groups excluding tert-OH is 1. The van der Waals surface area contributed by atoms with Gasteiger partial charge in [0.2, 0.25) is 0 Å². The molecule has 0 bridgehead atoms. The number of hydrogen-bond donors (Lipinski definition) is 1. The Bertz CT molecular complexity index is 1030. The normalized spacial score (nSPS) is 18.3. The molecule has 1 fully saturated rings. The van der Waals surface area contributed by atoms with E-state index < -0.39 is 34.2 Å². The van der Waals surface area contributed by atoms with Crippen molar-refractivity contribution in [3.05, 3.63) is 81.2 Å². The molecule has 0 saturated carbocycles. The molecule has 1 N–H and O–H groups in total. The number of benzene rings is 2. The van der Waals surface area contributed by atoms with E-state index in [4.69, 9.17) is 0 Å². The number of non-ortho nitro benzene ring substituents is 1. The Morgan fingerprint density at radius 2 is 1.87 bits per heavy atom. The zero-order valence-corrected chi connectivity index (χ0v) is 16.4. The van der Waals surface area contributed by atoms with Crippen LogP contribution in [0.25, 0.3) is 5.76 Å². The Hall–Kier alpha value is -3.59. The van der Waals surface area contributed by atoms with Gasteiger partial charge in [-0.25, -0.2) is 4.39 Å². The van der Waals surface area contributed by atoms with Crippen LogP contribution in [0, 0.1) is 15.9 Å². The molecule has 1 amide bonds. The molecular formula is C21H20FN3O5. The van der Waals surface area contributed by atoms with E-state index in [1.165, 1.54) is 35.2 Å². The quantitative estimate of drug-likeness (QED) is 0.257. The monoisotopic (exact) mass is 413 g/mol. The molecule has 8 nitrogen and oxygen atoms in total. The van der Waals surface area contributed by atoms with Crippen LogP contribution in [-0.4, -0.2) is 58.7 Å². The number of Topliss-reactive ketones (excluding diaryl/α,β-unsaturated/α-hetero) is 1. The topological polar surface area (TPSA) is 104 Å². The SMILES string of the molecule is CN(C)CCN1C(=O)C(=O)C(=C(O)c2ccc(F)cc2)[C@@H]1c1cccc([N+](=O)[O-])c1. The number of nitro benzene ring substituents is 1. The number of aliphatic hydroxyl groups is 1. The number of nitrogens with zero attached hydrogens (tertiary/aromatic N) is 3. The number of likely N-dealkylation sites (N-methyl/N-ethyl adjacent to an activating group) is 1. The molecule has 30 heavy (non-hydrogen) atoms. The van der Waals surface area contributed by atoms with E-state index in [1.54, 1.807) is 20.2 Å². The van der Waals surface area contributed by atoms with Crippen molar-refractivity contribution in [2.45, 2.75) is 6.04 Å².